The molecule has 0 saturated carbocycles. The number of fused-ring (bicyclic) bond motifs is 2. The number of carbonyl (C=O) groups is 1. The molecule has 3 aliphatic rings. The molecule has 5 heterocycles. The first-order valence-corrected chi connectivity index (χ1v) is 13.7. The Morgan fingerprint density at radius 3 is 2.79 bits per heavy atom. The number of ether oxygens (including phenoxy) is 1. The molecule has 3 fully saturated rings. The first-order chi connectivity index (χ1) is 18.5. The van der Waals surface area contributed by atoms with E-state index in [1.165, 1.54) is 0 Å². The van der Waals surface area contributed by atoms with Crippen LogP contribution in [0, 0.1) is 6.92 Å². The molecule has 9 nitrogen and oxygen atoms in total. The monoisotopic (exact) mass is 516 g/mol. The van der Waals surface area contributed by atoms with Crippen LogP contribution < -0.4 is 15.8 Å². The van der Waals surface area contributed by atoms with Gasteiger partial charge in [-0.3, -0.25) is 14.5 Å². The standard InChI is InChI=1S/C29H36N6O3/c1-19-14-27(36)32-24-6-5-21(16-22(19)24)31-29(37)23-15-20(18-34-10-12-38-13-11-34)17-30-28(23)35-9-7-25-26(35)4-3-8-33(25)2/h5-6,14-17,25-26H,3-4,7-13,18H2,1-2H3,(H,31,37)(H,32,36). The molecule has 9 heteroatoms. The van der Waals surface area contributed by atoms with Crippen LogP contribution in [0.2, 0.25) is 0 Å². The number of morpholine rings is 1. The van der Waals surface area contributed by atoms with Crippen LogP contribution in [0.15, 0.2) is 41.3 Å². The van der Waals surface area contributed by atoms with Gasteiger partial charge in [0.05, 0.1) is 18.8 Å². The maximum absolute atomic E-state index is 13.9. The lowest BCUT2D eigenvalue weighted by Gasteiger charge is -2.38. The Bertz CT molecular complexity index is 1400. The first kappa shape index (κ1) is 25.0. The van der Waals surface area contributed by atoms with Gasteiger partial charge in [-0.25, -0.2) is 4.98 Å². The zero-order valence-electron chi connectivity index (χ0n) is 22.2. The fraction of sp³-hybridized carbons (Fsp3) is 0.483. The third kappa shape index (κ3) is 4.93. The van der Waals surface area contributed by atoms with Crippen molar-refractivity contribution in [3.63, 3.8) is 0 Å². The molecular formula is C29H36N6O3. The Morgan fingerprint density at radius 2 is 1.95 bits per heavy atom. The van der Waals surface area contributed by atoms with Gasteiger partial charge in [0.1, 0.15) is 5.82 Å². The van der Waals surface area contributed by atoms with Gasteiger partial charge in [0.15, 0.2) is 0 Å². The van der Waals surface area contributed by atoms with E-state index in [1.54, 1.807) is 6.07 Å². The van der Waals surface area contributed by atoms with Crippen molar-refractivity contribution in [2.45, 2.75) is 44.8 Å². The molecule has 0 aliphatic carbocycles. The summed E-state index contributed by atoms with van der Waals surface area (Å²) in [5, 5.41) is 4.04. The number of anilines is 2. The average Bonchev–Trinajstić information content (AvgIpc) is 3.35. The lowest BCUT2D eigenvalue weighted by Crippen LogP contribution is -2.48. The molecule has 0 radical (unpaired) electrons. The number of hydrogen-bond acceptors (Lipinski definition) is 7. The van der Waals surface area contributed by atoms with E-state index in [4.69, 9.17) is 9.72 Å². The second kappa shape index (κ2) is 10.5. The van der Waals surface area contributed by atoms with Crippen molar-refractivity contribution < 1.29 is 9.53 Å². The summed E-state index contributed by atoms with van der Waals surface area (Å²) in [6, 6.07) is 10.1. The molecule has 6 rings (SSSR count). The molecular weight excluding hydrogens is 480 g/mol. The van der Waals surface area contributed by atoms with E-state index in [2.05, 4.69) is 32.0 Å². The number of hydrogen-bond donors (Lipinski definition) is 2. The van der Waals surface area contributed by atoms with E-state index >= 15 is 0 Å². The quantitative estimate of drug-likeness (QED) is 0.539. The van der Waals surface area contributed by atoms with Gasteiger partial charge < -0.3 is 24.8 Å². The Hall–Kier alpha value is -3.27. The molecule has 3 aromatic rings. The number of pyridine rings is 2. The summed E-state index contributed by atoms with van der Waals surface area (Å²) in [4.78, 5) is 40.7. The summed E-state index contributed by atoms with van der Waals surface area (Å²) in [7, 11) is 2.21. The number of piperidine rings is 1. The van der Waals surface area contributed by atoms with Gasteiger partial charge in [-0.2, -0.15) is 0 Å². The van der Waals surface area contributed by atoms with Crippen molar-refractivity contribution in [3.8, 4) is 0 Å². The van der Waals surface area contributed by atoms with E-state index in [0.29, 0.717) is 23.3 Å². The normalized spacial score (nSPS) is 22.5. The number of aromatic amines is 1. The van der Waals surface area contributed by atoms with Crippen LogP contribution in [0.25, 0.3) is 10.9 Å². The van der Waals surface area contributed by atoms with Crippen molar-refractivity contribution in [2.24, 2.45) is 0 Å². The third-order valence-corrected chi connectivity index (χ3v) is 8.34. The van der Waals surface area contributed by atoms with Crippen LogP contribution in [0.3, 0.4) is 0 Å². The SMILES string of the molecule is Cc1cc(=O)[nH]c2ccc(NC(=O)c3cc(CN4CCOCC4)cnc3N3CCC4C3CCCN4C)cc12. The Kier molecular flexibility index (Phi) is 6.90. The fourth-order valence-corrected chi connectivity index (χ4v) is 6.38. The van der Waals surface area contributed by atoms with Gasteiger partial charge in [0, 0.05) is 67.1 Å². The van der Waals surface area contributed by atoms with Crippen LogP contribution >= 0.6 is 0 Å². The number of nitrogens with zero attached hydrogens (tertiary/aromatic N) is 4. The molecule has 2 aromatic heterocycles. The number of H-pyrrole nitrogens is 1. The number of nitrogens with one attached hydrogen (secondary N) is 2. The van der Waals surface area contributed by atoms with Gasteiger partial charge >= 0.3 is 0 Å². The maximum Gasteiger partial charge on any atom is 0.259 e. The summed E-state index contributed by atoms with van der Waals surface area (Å²) in [5.41, 5.74) is 3.84. The van der Waals surface area contributed by atoms with Gasteiger partial charge in [-0.05, 0) is 75.2 Å². The smallest absolute Gasteiger partial charge is 0.259 e. The lowest BCUT2D eigenvalue weighted by molar-refractivity contribution is 0.0341. The molecule has 38 heavy (non-hydrogen) atoms. The molecule has 3 aliphatic heterocycles. The van der Waals surface area contributed by atoms with Crippen molar-refractivity contribution in [2.75, 3.05) is 56.7 Å². The number of aryl methyl sites for hydroxylation is 1. The van der Waals surface area contributed by atoms with Crippen LogP contribution in [0.1, 0.15) is 40.7 Å². The molecule has 1 amide bonds. The van der Waals surface area contributed by atoms with Crippen molar-refractivity contribution >= 4 is 28.3 Å². The molecule has 0 bridgehead atoms. The second-order valence-corrected chi connectivity index (χ2v) is 10.9. The molecule has 1 aromatic carbocycles. The van der Waals surface area contributed by atoms with Gasteiger partial charge in [0.25, 0.3) is 5.91 Å². The number of likely N-dealkylation sites (tertiary alicyclic amines) is 1. The van der Waals surface area contributed by atoms with Gasteiger partial charge in [-0.1, -0.05) is 0 Å². The van der Waals surface area contributed by atoms with Crippen molar-refractivity contribution in [3.05, 3.63) is 63.6 Å². The number of carbonyl (C=O) groups excluding carboxylic acids is 1. The summed E-state index contributed by atoms with van der Waals surface area (Å²) >= 11 is 0. The van der Waals surface area contributed by atoms with E-state index in [-0.39, 0.29) is 11.5 Å². The lowest BCUT2D eigenvalue weighted by atomic mass is 9.97. The van der Waals surface area contributed by atoms with Crippen molar-refractivity contribution in [1.82, 2.24) is 19.8 Å². The number of amides is 1. The Morgan fingerprint density at radius 1 is 1.11 bits per heavy atom. The zero-order valence-corrected chi connectivity index (χ0v) is 22.2. The summed E-state index contributed by atoms with van der Waals surface area (Å²) in [6.07, 6.45) is 5.30. The highest BCUT2D eigenvalue weighted by Gasteiger charge is 2.40. The number of rotatable bonds is 5. The average molecular weight is 517 g/mol. The van der Waals surface area contributed by atoms with Gasteiger partial charge in [-0.15, -0.1) is 0 Å². The molecule has 200 valence electrons. The van der Waals surface area contributed by atoms with E-state index in [9.17, 15) is 9.59 Å². The fourth-order valence-electron chi connectivity index (χ4n) is 6.38. The highest BCUT2D eigenvalue weighted by molar-refractivity contribution is 6.08. The predicted molar refractivity (Wildman–Crippen MR) is 149 cm³/mol. The molecule has 2 unspecified atom stereocenters. The highest BCUT2D eigenvalue weighted by atomic mass is 16.5. The Balaban J connectivity index is 1.32. The van der Waals surface area contributed by atoms with Gasteiger partial charge in [0.2, 0.25) is 5.56 Å². The van der Waals surface area contributed by atoms with Crippen LogP contribution in [0.4, 0.5) is 11.5 Å². The minimum Gasteiger partial charge on any atom is -0.379 e. The maximum atomic E-state index is 13.9. The summed E-state index contributed by atoms with van der Waals surface area (Å²) in [5.74, 6) is 0.614. The number of likely N-dealkylation sites (N-methyl/N-ethyl adjacent to an activating group) is 1. The number of benzene rings is 1. The minimum atomic E-state index is -0.162. The topological polar surface area (TPSA) is 93.8 Å². The van der Waals surface area contributed by atoms with E-state index in [1.807, 2.05) is 37.4 Å². The first-order valence-electron chi connectivity index (χ1n) is 13.7. The predicted octanol–water partition coefficient (Wildman–Crippen LogP) is 2.99. The number of aromatic nitrogens is 2. The second-order valence-electron chi connectivity index (χ2n) is 10.9. The molecule has 3 saturated heterocycles. The van der Waals surface area contributed by atoms with Crippen LogP contribution in [-0.4, -0.2) is 84.2 Å². The molecule has 2 N–H and O–H groups in total. The summed E-state index contributed by atoms with van der Waals surface area (Å²) in [6.45, 7) is 7.90. The van der Waals surface area contributed by atoms with E-state index < -0.39 is 0 Å². The third-order valence-electron chi connectivity index (χ3n) is 8.34. The highest BCUT2D eigenvalue weighted by Crippen LogP contribution is 2.35. The summed E-state index contributed by atoms with van der Waals surface area (Å²) < 4.78 is 5.51. The molecule has 2 atom stereocenters. The minimum absolute atomic E-state index is 0.128. The Labute approximate surface area is 222 Å². The largest absolute Gasteiger partial charge is 0.379 e. The zero-order chi connectivity index (χ0) is 26.2. The van der Waals surface area contributed by atoms with Crippen LogP contribution in [-0.2, 0) is 11.3 Å². The van der Waals surface area contributed by atoms with Crippen molar-refractivity contribution in [1.29, 1.82) is 0 Å². The van der Waals surface area contributed by atoms with Crippen LogP contribution in [0.5, 0.6) is 0 Å². The van der Waals surface area contributed by atoms with E-state index in [0.717, 1.165) is 93.0 Å². The molecule has 0 spiro atoms.